The molecule has 0 fully saturated rings. The zero-order chi connectivity index (χ0) is 13.0. The number of hydrogen-bond acceptors (Lipinski definition) is 4. The van der Waals surface area contributed by atoms with Crippen LogP contribution in [0.5, 0.6) is 0 Å². The van der Waals surface area contributed by atoms with Crippen LogP contribution in [-0.4, -0.2) is 27.2 Å². The summed E-state index contributed by atoms with van der Waals surface area (Å²) in [6.45, 7) is 4.41. The second kappa shape index (κ2) is 5.77. The molecule has 1 N–H and O–H groups in total. The molecule has 96 valence electrons. The third-order valence-electron chi connectivity index (χ3n) is 2.65. The zero-order valence-electron chi connectivity index (χ0n) is 10.5. The Morgan fingerprint density at radius 1 is 1.61 bits per heavy atom. The van der Waals surface area contributed by atoms with Gasteiger partial charge in [-0.3, -0.25) is 9.48 Å². The Hall–Kier alpha value is -1.69. The maximum Gasteiger partial charge on any atom is 0.244 e. The van der Waals surface area contributed by atoms with Crippen LogP contribution in [0.4, 0.5) is 0 Å². The van der Waals surface area contributed by atoms with Crippen LogP contribution in [0.3, 0.4) is 0 Å². The first-order valence-electron chi connectivity index (χ1n) is 5.84. The highest BCUT2D eigenvalue weighted by Gasteiger charge is 2.14. The highest BCUT2D eigenvalue weighted by Crippen LogP contribution is 2.08. The molecule has 0 aliphatic heterocycles. The molecule has 2 aromatic rings. The van der Waals surface area contributed by atoms with E-state index in [9.17, 15) is 4.79 Å². The van der Waals surface area contributed by atoms with Crippen LogP contribution in [0.25, 0.3) is 0 Å². The summed E-state index contributed by atoms with van der Waals surface area (Å²) in [6, 6.07) is 1.53. The Morgan fingerprint density at radius 2 is 2.44 bits per heavy atom. The van der Waals surface area contributed by atoms with Crippen LogP contribution >= 0.6 is 11.3 Å². The molecule has 0 aliphatic rings. The van der Waals surface area contributed by atoms with E-state index in [1.54, 1.807) is 28.4 Å². The van der Waals surface area contributed by atoms with E-state index in [0.29, 0.717) is 6.54 Å². The van der Waals surface area contributed by atoms with E-state index in [1.807, 2.05) is 25.3 Å². The summed E-state index contributed by atoms with van der Waals surface area (Å²) in [5.74, 6) is -0.0225. The van der Waals surface area contributed by atoms with Crippen LogP contribution in [0.15, 0.2) is 23.8 Å². The average molecular weight is 264 g/mol. The number of nitrogens with one attached hydrogen (secondary N) is 1. The molecule has 0 aromatic carbocycles. The number of nitrogens with zero attached hydrogens (tertiary/aromatic N) is 3. The van der Waals surface area contributed by atoms with Gasteiger partial charge in [0, 0.05) is 30.7 Å². The average Bonchev–Trinajstić information content (AvgIpc) is 2.99. The Kier molecular flexibility index (Phi) is 4.09. The van der Waals surface area contributed by atoms with Gasteiger partial charge < -0.3 is 5.32 Å². The molecule has 0 bridgehead atoms. The zero-order valence-corrected chi connectivity index (χ0v) is 11.3. The highest BCUT2D eigenvalue weighted by atomic mass is 32.1. The second-order valence-corrected chi connectivity index (χ2v) is 5.12. The Labute approximate surface area is 110 Å². The third kappa shape index (κ3) is 3.16. The van der Waals surface area contributed by atoms with E-state index in [0.717, 1.165) is 17.1 Å². The topological polar surface area (TPSA) is 59.8 Å². The summed E-state index contributed by atoms with van der Waals surface area (Å²) < 4.78 is 1.64. The van der Waals surface area contributed by atoms with Crippen molar-refractivity contribution in [1.29, 1.82) is 0 Å². The van der Waals surface area contributed by atoms with Crippen molar-refractivity contribution in [2.24, 2.45) is 0 Å². The van der Waals surface area contributed by atoms with Gasteiger partial charge >= 0.3 is 0 Å². The first kappa shape index (κ1) is 12.8. The van der Waals surface area contributed by atoms with E-state index in [4.69, 9.17) is 0 Å². The summed E-state index contributed by atoms with van der Waals surface area (Å²) in [5, 5.41) is 10.0. The number of aromatic nitrogens is 3. The summed E-state index contributed by atoms with van der Waals surface area (Å²) >= 11 is 1.63. The van der Waals surface area contributed by atoms with Crippen molar-refractivity contribution in [3.63, 3.8) is 0 Å². The predicted octanol–water partition coefficient (Wildman–Crippen LogP) is 1.57. The molecule has 0 aliphatic carbocycles. The monoisotopic (exact) mass is 264 g/mol. The molecule has 2 rings (SSSR count). The quantitative estimate of drug-likeness (QED) is 0.891. The van der Waals surface area contributed by atoms with Gasteiger partial charge in [0.25, 0.3) is 0 Å². The van der Waals surface area contributed by atoms with E-state index in [1.165, 1.54) is 0 Å². The third-order valence-corrected chi connectivity index (χ3v) is 3.47. The van der Waals surface area contributed by atoms with E-state index < -0.39 is 0 Å². The highest BCUT2D eigenvalue weighted by molar-refractivity contribution is 7.09. The van der Waals surface area contributed by atoms with Crippen LogP contribution < -0.4 is 5.32 Å². The van der Waals surface area contributed by atoms with Gasteiger partial charge in [0.05, 0.1) is 10.7 Å². The second-order valence-electron chi connectivity index (χ2n) is 4.06. The van der Waals surface area contributed by atoms with Gasteiger partial charge in [0.15, 0.2) is 0 Å². The number of rotatable bonds is 5. The molecule has 1 amide bonds. The van der Waals surface area contributed by atoms with Crippen molar-refractivity contribution >= 4 is 17.2 Å². The molecule has 2 heterocycles. The van der Waals surface area contributed by atoms with Crippen LogP contribution in [0, 0.1) is 6.92 Å². The normalized spacial score (nSPS) is 12.3. The summed E-state index contributed by atoms with van der Waals surface area (Å²) in [7, 11) is 0. The number of aryl methyl sites for hydroxylation is 1. The van der Waals surface area contributed by atoms with Gasteiger partial charge in [-0.15, -0.1) is 11.3 Å². The minimum atomic E-state index is -0.280. The molecular formula is C12H16N4OS. The fourth-order valence-electron chi connectivity index (χ4n) is 1.61. The Bertz CT molecular complexity index is 506. The summed E-state index contributed by atoms with van der Waals surface area (Å²) in [4.78, 5) is 16.2. The smallest absolute Gasteiger partial charge is 0.244 e. The minimum Gasteiger partial charge on any atom is -0.354 e. The van der Waals surface area contributed by atoms with Gasteiger partial charge in [-0.2, -0.15) is 5.10 Å². The van der Waals surface area contributed by atoms with Gasteiger partial charge in [-0.25, -0.2) is 4.98 Å². The largest absolute Gasteiger partial charge is 0.354 e. The lowest BCUT2D eigenvalue weighted by Crippen LogP contribution is -2.32. The summed E-state index contributed by atoms with van der Waals surface area (Å²) in [5.41, 5.74) is 1.03. The van der Waals surface area contributed by atoms with Crippen LogP contribution in [-0.2, 0) is 11.2 Å². The lowest BCUT2D eigenvalue weighted by atomic mass is 10.3. The standard InChI is InChI=1S/C12H16N4OS/c1-9(16-7-3-5-14-16)12(17)13-6-4-11-8-18-10(2)15-11/h3,5,7-9H,4,6H2,1-2H3,(H,13,17)/t9-/m0/s1. The van der Waals surface area contributed by atoms with E-state index in [-0.39, 0.29) is 11.9 Å². The first-order chi connectivity index (χ1) is 8.66. The molecule has 0 radical (unpaired) electrons. The predicted molar refractivity (Wildman–Crippen MR) is 70.5 cm³/mol. The molecule has 0 unspecified atom stereocenters. The SMILES string of the molecule is Cc1nc(CCNC(=O)[C@H](C)n2cccn2)cs1. The van der Waals surface area contributed by atoms with Crippen molar-refractivity contribution in [2.75, 3.05) is 6.54 Å². The lowest BCUT2D eigenvalue weighted by Gasteiger charge is -2.12. The van der Waals surface area contributed by atoms with Crippen molar-refractivity contribution in [1.82, 2.24) is 20.1 Å². The maximum atomic E-state index is 11.8. The van der Waals surface area contributed by atoms with Crippen molar-refractivity contribution < 1.29 is 4.79 Å². The number of hydrogen-bond donors (Lipinski definition) is 1. The van der Waals surface area contributed by atoms with Gasteiger partial charge in [0.1, 0.15) is 6.04 Å². The van der Waals surface area contributed by atoms with Gasteiger partial charge in [-0.05, 0) is 19.9 Å². The molecular weight excluding hydrogens is 248 g/mol. The Balaban J connectivity index is 1.78. The number of carbonyl (C=O) groups is 1. The maximum absolute atomic E-state index is 11.8. The fourth-order valence-corrected chi connectivity index (χ4v) is 2.26. The van der Waals surface area contributed by atoms with Crippen LogP contribution in [0.1, 0.15) is 23.7 Å². The van der Waals surface area contributed by atoms with Gasteiger partial charge in [-0.1, -0.05) is 0 Å². The molecule has 2 aromatic heterocycles. The van der Waals surface area contributed by atoms with Crippen molar-refractivity contribution in [2.45, 2.75) is 26.3 Å². The molecule has 18 heavy (non-hydrogen) atoms. The molecule has 0 saturated carbocycles. The Morgan fingerprint density at radius 3 is 3.06 bits per heavy atom. The molecule has 0 saturated heterocycles. The van der Waals surface area contributed by atoms with Crippen LogP contribution in [0.2, 0.25) is 0 Å². The fraction of sp³-hybridized carbons (Fsp3) is 0.417. The molecule has 1 atom stereocenters. The number of thiazole rings is 1. The lowest BCUT2D eigenvalue weighted by molar-refractivity contribution is -0.124. The number of amides is 1. The molecule has 6 heteroatoms. The summed E-state index contributed by atoms with van der Waals surface area (Å²) in [6.07, 6.45) is 4.22. The van der Waals surface area contributed by atoms with E-state index >= 15 is 0 Å². The van der Waals surface area contributed by atoms with Crippen molar-refractivity contribution in [3.8, 4) is 0 Å². The molecule has 5 nitrogen and oxygen atoms in total. The molecule has 0 spiro atoms. The van der Waals surface area contributed by atoms with Gasteiger partial charge in [0.2, 0.25) is 5.91 Å². The minimum absolute atomic E-state index is 0.0225. The van der Waals surface area contributed by atoms with E-state index in [2.05, 4.69) is 15.4 Å². The number of carbonyl (C=O) groups excluding carboxylic acids is 1. The first-order valence-corrected chi connectivity index (χ1v) is 6.72. The van der Waals surface area contributed by atoms with Crippen molar-refractivity contribution in [3.05, 3.63) is 34.5 Å².